The Morgan fingerprint density at radius 2 is 1.76 bits per heavy atom. The van der Waals surface area contributed by atoms with Gasteiger partial charge in [-0.25, -0.2) is 14.9 Å². The quantitative estimate of drug-likeness (QED) is 0.594. The van der Waals surface area contributed by atoms with Gasteiger partial charge in [0.25, 0.3) is 0 Å². The zero-order chi connectivity index (χ0) is 21.6. The van der Waals surface area contributed by atoms with Gasteiger partial charge in [-0.15, -0.1) is 4.65 Å². The van der Waals surface area contributed by atoms with Crippen LogP contribution in [0.4, 0.5) is 10.5 Å². The van der Waals surface area contributed by atoms with Gasteiger partial charge in [-0.3, -0.25) is 0 Å². The second kappa shape index (κ2) is 7.27. The van der Waals surface area contributed by atoms with Crippen molar-refractivity contribution in [3.8, 4) is 0 Å². The third-order valence-corrected chi connectivity index (χ3v) is 6.45. The lowest BCUT2D eigenvalue weighted by Gasteiger charge is -2.50. The highest BCUT2D eigenvalue weighted by Crippen LogP contribution is 2.50. The fourth-order valence-electron chi connectivity index (χ4n) is 5.39. The summed E-state index contributed by atoms with van der Waals surface area (Å²) < 4.78 is 4.47. The predicted octanol–water partition coefficient (Wildman–Crippen LogP) is 1.67. The summed E-state index contributed by atoms with van der Waals surface area (Å²) in [5.74, 6) is -0.427. The third-order valence-electron chi connectivity index (χ3n) is 6.45. The van der Waals surface area contributed by atoms with E-state index in [4.69, 9.17) is 4.74 Å². The molecule has 0 saturated carbocycles. The number of piperidine rings is 1. The molecule has 0 radical (unpaired) electrons. The van der Waals surface area contributed by atoms with E-state index >= 15 is 0 Å². The highest BCUT2D eigenvalue weighted by atomic mass is 16.6. The van der Waals surface area contributed by atoms with E-state index < -0.39 is 17.6 Å². The normalized spacial score (nSPS) is 27.2. The summed E-state index contributed by atoms with van der Waals surface area (Å²) in [5, 5.41) is 23.6. The number of carbonyl (C=O) groups is 2. The van der Waals surface area contributed by atoms with Crippen LogP contribution >= 0.6 is 0 Å². The molecule has 8 nitrogen and oxygen atoms in total. The summed E-state index contributed by atoms with van der Waals surface area (Å²) in [6.07, 6.45) is -0.363. The first-order valence-electron chi connectivity index (χ1n) is 9.93. The molecule has 1 spiro atoms. The lowest BCUT2D eigenvalue weighted by Crippen LogP contribution is -2.70. The average molecular weight is 405 g/mol. The van der Waals surface area contributed by atoms with Crippen LogP contribution < -0.4 is 9.75 Å². The van der Waals surface area contributed by atoms with Crippen LogP contribution in [0.5, 0.6) is 0 Å². The molecule has 2 fully saturated rings. The van der Waals surface area contributed by atoms with Gasteiger partial charge in [0.15, 0.2) is 17.4 Å². The summed E-state index contributed by atoms with van der Waals surface area (Å²) in [6.45, 7) is 7.58. The molecule has 1 amide bonds. The lowest BCUT2D eigenvalue weighted by molar-refractivity contribution is -0.269. The number of quaternary nitrogens is 1. The number of carbonyl (C=O) groups excluding carboxylic acids is 2. The second-order valence-corrected chi connectivity index (χ2v) is 9.36. The summed E-state index contributed by atoms with van der Waals surface area (Å²) in [7, 11) is 3.34. The number of esters is 1. The molecule has 1 aromatic carbocycles. The Hall–Kier alpha value is -2.16. The molecule has 2 aliphatic rings. The number of hydrogen-bond donors (Lipinski definition) is 1. The number of rotatable bonds is 2. The molecule has 2 unspecified atom stereocenters. The van der Waals surface area contributed by atoms with E-state index in [2.05, 4.69) is 25.7 Å². The van der Waals surface area contributed by atoms with Crippen molar-refractivity contribution < 1.29 is 24.6 Å². The van der Waals surface area contributed by atoms with Crippen LogP contribution in [-0.2, 0) is 4.74 Å². The molecule has 0 aromatic heterocycles. The molecular formula is C21H31N3O5. The van der Waals surface area contributed by atoms with E-state index in [0.717, 1.165) is 0 Å². The molecule has 0 bridgehead atoms. The largest absolute Gasteiger partial charge is 0.530 e. The highest BCUT2D eigenvalue weighted by molar-refractivity contribution is 5.89. The lowest BCUT2D eigenvalue weighted by atomic mass is 9.83. The molecule has 1 N–H and O–H groups in total. The van der Waals surface area contributed by atoms with Gasteiger partial charge in [0.05, 0.1) is 19.2 Å². The number of carboxylic acid groups (broad SMARTS) is 1. The standard InChI is InChI=1S/C21H31N3O5/c1-20(2,3)18-22(4)14-21(10-12-23(13-11-21)19(26)27)24(18,28)16-8-6-15(7-9-16)17(25)29-5/h6-9,18,28H,10-14H2,1-5H3. The van der Waals surface area contributed by atoms with E-state index in [1.165, 1.54) is 12.0 Å². The first-order valence-corrected chi connectivity index (χ1v) is 9.93. The van der Waals surface area contributed by atoms with Crippen molar-refractivity contribution in [3.05, 3.63) is 29.8 Å². The molecule has 3 rings (SSSR count). The number of likely N-dealkylation sites (tertiary alicyclic amines) is 1. The van der Waals surface area contributed by atoms with Gasteiger partial charge in [0.1, 0.15) is 6.09 Å². The molecule has 2 saturated heterocycles. The Balaban J connectivity index is 2.07. The van der Waals surface area contributed by atoms with Crippen molar-refractivity contribution in [1.29, 1.82) is 0 Å². The number of amides is 1. The smallest absolute Gasteiger partial charge is 0.337 e. The van der Waals surface area contributed by atoms with E-state index in [0.29, 0.717) is 43.7 Å². The first-order chi connectivity index (χ1) is 13.5. The molecule has 29 heavy (non-hydrogen) atoms. The van der Waals surface area contributed by atoms with Crippen LogP contribution in [0.3, 0.4) is 0 Å². The van der Waals surface area contributed by atoms with Crippen molar-refractivity contribution in [1.82, 2.24) is 14.4 Å². The monoisotopic (exact) mass is 405 g/mol. The number of benzene rings is 1. The van der Waals surface area contributed by atoms with Crippen LogP contribution in [0.2, 0.25) is 0 Å². The Kier molecular flexibility index (Phi) is 5.40. The summed E-state index contributed by atoms with van der Waals surface area (Å²) in [5.41, 5.74) is 0.303. The van der Waals surface area contributed by atoms with E-state index in [1.54, 1.807) is 24.3 Å². The fourth-order valence-corrected chi connectivity index (χ4v) is 5.39. The van der Waals surface area contributed by atoms with Crippen molar-refractivity contribution >= 4 is 17.7 Å². The molecule has 2 heterocycles. The van der Waals surface area contributed by atoms with Gasteiger partial charge >= 0.3 is 5.97 Å². The van der Waals surface area contributed by atoms with Gasteiger partial charge in [-0.05, 0) is 19.2 Å². The molecule has 0 aliphatic carbocycles. The van der Waals surface area contributed by atoms with Crippen LogP contribution in [0.1, 0.15) is 44.0 Å². The maximum absolute atomic E-state index is 12.3. The molecule has 8 heteroatoms. The number of likely N-dealkylation sites (N-methyl/N-ethyl adjacent to an activating group) is 1. The van der Waals surface area contributed by atoms with Crippen LogP contribution in [-0.4, -0.2) is 72.6 Å². The Bertz CT molecular complexity index is 781. The number of ether oxygens (including phenoxy) is 1. The summed E-state index contributed by atoms with van der Waals surface area (Å²) in [4.78, 5) is 26.6. The maximum Gasteiger partial charge on any atom is 0.337 e. The van der Waals surface area contributed by atoms with Crippen molar-refractivity contribution in [3.63, 3.8) is 0 Å². The summed E-state index contributed by atoms with van der Waals surface area (Å²) in [6, 6.07) is 6.88. The van der Waals surface area contributed by atoms with Crippen LogP contribution in [0.15, 0.2) is 24.3 Å². The van der Waals surface area contributed by atoms with Gasteiger partial charge in [-0.1, -0.05) is 20.8 Å². The molecule has 2 atom stereocenters. The molecule has 2 aliphatic heterocycles. The highest BCUT2D eigenvalue weighted by Gasteiger charge is 2.67. The van der Waals surface area contributed by atoms with E-state index in [1.807, 2.05) is 7.05 Å². The molecule has 1 aromatic rings. The second-order valence-electron chi connectivity index (χ2n) is 9.36. The Morgan fingerprint density at radius 3 is 2.21 bits per heavy atom. The van der Waals surface area contributed by atoms with Gasteiger partial charge in [-0.2, -0.15) is 0 Å². The van der Waals surface area contributed by atoms with Crippen molar-refractivity contribution in [2.75, 3.05) is 33.8 Å². The number of methoxy groups -OCH3 is 1. The molecular weight excluding hydrogens is 374 g/mol. The number of nitrogens with zero attached hydrogens (tertiary/aromatic N) is 3. The maximum atomic E-state index is 12.3. The molecule has 160 valence electrons. The van der Waals surface area contributed by atoms with Gasteiger partial charge in [0, 0.05) is 43.5 Å². The minimum atomic E-state index is -1.17. The van der Waals surface area contributed by atoms with Gasteiger partial charge in [0.2, 0.25) is 0 Å². The van der Waals surface area contributed by atoms with E-state index in [9.17, 15) is 19.9 Å². The van der Waals surface area contributed by atoms with Crippen LogP contribution in [0.25, 0.3) is 0 Å². The average Bonchev–Trinajstić information content (AvgIpc) is 2.88. The van der Waals surface area contributed by atoms with Gasteiger partial charge < -0.3 is 19.5 Å². The van der Waals surface area contributed by atoms with E-state index in [-0.39, 0.29) is 16.2 Å². The minimum Gasteiger partial charge on any atom is -0.530 e. The Labute approximate surface area is 171 Å². The van der Waals surface area contributed by atoms with Crippen LogP contribution in [0, 0.1) is 5.41 Å². The predicted molar refractivity (Wildman–Crippen MR) is 106 cm³/mol. The fraction of sp³-hybridized carbons (Fsp3) is 0.619. The summed E-state index contributed by atoms with van der Waals surface area (Å²) >= 11 is 0. The first kappa shape index (κ1) is 21.5. The minimum absolute atomic E-state index is 0.235. The third kappa shape index (κ3) is 3.39. The van der Waals surface area contributed by atoms with Crippen molar-refractivity contribution in [2.45, 2.75) is 45.3 Å². The topological polar surface area (TPSA) is 93.1 Å². The Morgan fingerprint density at radius 1 is 1.21 bits per heavy atom. The zero-order valence-corrected chi connectivity index (χ0v) is 17.8. The zero-order valence-electron chi connectivity index (χ0n) is 17.8. The number of hydroxylamine groups is 2. The van der Waals surface area contributed by atoms with Crippen molar-refractivity contribution in [2.24, 2.45) is 5.41 Å². The SMILES string of the molecule is COC(=O)c1ccc([N+]2(O)C(C(C)(C)C)N(C)CC23CCN(C(=O)[O-])CC3)cc1. The number of hydrogen-bond acceptors (Lipinski definition) is 6.